The van der Waals surface area contributed by atoms with E-state index >= 15 is 0 Å². The summed E-state index contributed by atoms with van der Waals surface area (Å²) in [5, 5.41) is 0.233. The van der Waals surface area contributed by atoms with E-state index < -0.39 is 10.0 Å². The lowest BCUT2D eigenvalue weighted by molar-refractivity contribution is -0.121. The van der Waals surface area contributed by atoms with Gasteiger partial charge in [-0.2, -0.15) is 4.31 Å². The van der Waals surface area contributed by atoms with Gasteiger partial charge in [-0.1, -0.05) is 23.7 Å². The highest BCUT2D eigenvalue weighted by Gasteiger charge is 2.31. The van der Waals surface area contributed by atoms with Gasteiger partial charge in [-0.15, -0.1) is 0 Å². The number of sulfonamides is 1. The van der Waals surface area contributed by atoms with Crippen LogP contribution in [0.25, 0.3) is 0 Å². The van der Waals surface area contributed by atoms with Gasteiger partial charge in [0.05, 0.1) is 5.02 Å². The second-order valence-electron chi connectivity index (χ2n) is 4.72. The molecule has 1 fully saturated rings. The highest BCUT2D eigenvalue weighted by molar-refractivity contribution is 7.89. The van der Waals surface area contributed by atoms with Crippen LogP contribution in [0.5, 0.6) is 0 Å². The molecular formula is C13H16ClNO3S. The van der Waals surface area contributed by atoms with Crippen LogP contribution in [0.3, 0.4) is 0 Å². The van der Waals surface area contributed by atoms with Crippen molar-refractivity contribution in [2.45, 2.75) is 24.7 Å². The Balaban J connectivity index is 2.19. The molecule has 0 saturated carbocycles. The van der Waals surface area contributed by atoms with Crippen molar-refractivity contribution in [1.29, 1.82) is 0 Å². The number of ketones is 1. The minimum atomic E-state index is -3.55. The number of carbonyl (C=O) groups is 1. The standard InChI is InChI=1S/C13H16ClNO3S/c1-10(16)11-6-8-15(9-7-11)19(17,18)13-5-3-2-4-12(13)14/h2-5,11H,6-9H2,1H3. The molecule has 0 unspecified atom stereocenters. The van der Waals surface area contributed by atoms with Gasteiger partial charge >= 0.3 is 0 Å². The van der Waals surface area contributed by atoms with Gasteiger partial charge in [-0.25, -0.2) is 8.42 Å². The molecule has 4 nitrogen and oxygen atoms in total. The molecule has 0 N–H and O–H groups in total. The zero-order valence-electron chi connectivity index (χ0n) is 10.7. The Morgan fingerprint density at radius 2 is 1.84 bits per heavy atom. The van der Waals surface area contributed by atoms with Gasteiger partial charge in [-0.05, 0) is 31.9 Å². The van der Waals surface area contributed by atoms with Crippen molar-refractivity contribution in [3.63, 3.8) is 0 Å². The third-order valence-corrected chi connectivity index (χ3v) is 5.88. The summed E-state index contributed by atoms with van der Waals surface area (Å²) in [6.07, 6.45) is 1.16. The lowest BCUT2D eigenvalue weighted by Crippen LogP contribution is -2.39. The average molecular weight is 302 g/mol. The van der Waals surface area contributed by atoms with Crippen LogP contribution >= 0.6 is 11.6 Å². The summed E-state index contributed by atoms with van der Waals surface area (Å²) in [6, 6.07) is 6.43. The van der Waals surface area contributed by atoms with Gasteiger partial charge in [0.25, 0.3) is 0 Å². The molecule has 1 saturated heterocycles. The predicted molar refractivity (Wildman–Crippen MR) is 73.6 cm³/mol. The van der Waals surface area contributed by atoms with E-state index in [0.29, 0.717) is 25.9 Å². The first-order chi connectivity index (χ1) is 8.93. The third-order valence-electron chi connectivity index (χ3n) is 3.48. The minimum absolute atomic E-state index is 0.0160. The molecule has 0 atom stereocenters. The van der Waals surface area contributed by atoms with Crippen LogP contribution in [0.2, 0.25) is 5.02 Å². The minimum Gasteiger partial charge on any atom is -0.300 e. The summed E-state index contributed by atoms with van der Waals surface area (Å²) < 4.78 is 26.3. The van der Waals surface area contributed by atoms with Crippen LogP contribution in [0.15, 0.2) is 29.2 Å². The number of benzene rings is 1. The fourth-order valence-electron chi connectivity index (χ4n) is 2.30. The molecule has 19 heavy (non-hydrogen) atoms. The van der Waals surface area contributed by atoms with E-state index in [1.54, 1.807) is 25.1 Å². The lowest BCUT2D eigenvalue weighted by Gasteiger charge is -2.30. The van der Waals surface area contributed by atoms with Gasteiger partial charge in [0.1, 0.15) is 10.7 Å². The van der Waals surface area contributed by atoms with Crippen LogP contribution in [-0.2, 0) is 14.8 Å². The van der Waals surface area contributed by atoms with E-state index in [4.69, 9.17) is 11.6 Å². The highest BCUT2D eigenvalue weighted by atomic mass is 35.5. The molecule has 0 radical (unpaired) electrons. The summed E-state index contributed by atoms with van der Waals surface area (Å²) in [5.41, 5.74) is 0. The number of rotatable bonds is 3. The molecule has 0 spiro atoms. The van der Waals surface area contributed by atoms with Crippen LogP contribution in [-0.4, -0.2) is 31.6 Å². The second kappa shape index (κ2) is 5.61. The van der Waals surface area contributed by atoms with Crippen LogP contribution in [0.1, 0.15) is 19.8 Å². The largest absolute Gasteiger partial charge is 0.300 e. The van der Waals surface area contributed by atoms with Gasteiger partial charge in [0.2, 0.25) is 10.0 Å². The number of halogens is 1. The number of carbonyl (C=O) groups excluding carboxylic acids is 1. The van der Waals surface area contributed by atoms with Crippen molar-refractivity contribution in [2.75, 3.05) is 13.1 Å². The molecule has 1 aromatic rings. The Labute approximate surface area is 118 Å². The maximum atomic E-state index is 12.4. The number of piperidine rings is 1. The Morgan fingerprint density at radius 1 is 1.26 bits per heavy atom. The van der Waals surface area contributed by atoms with Gasteiger partial charge in [0, 0.05) is 19.0 Å². The number of hydrogen-bond acceptors (Lipinski definition) is 3. The van der Waals surface area contributed by atoms with E-state index in [9.17, 15) is 13.2 Å². The normalized spacial score (nSPS) is 18.4. The fourth-order valence-corrected chi connectivity index (χ4v) is 4.26. The van der Waals surface area contributed by atoms with Crippen molar-refractivity contribution < 1.29 is 13.2 Å². The summed E-state index contributed by atoms with van der Waals surface area (Å²) >= 11 is 5.95. The third kappa shape index (κ3) is 2.99. The van der Waals surface area contributed by atoms with Gasteiger partial charge in [0.15, 0.2) is 0 Å². The van der Waals surface area contributed by atoms with Crippen LogP contribution in [0.4, 0.5) is 0 Å². The average Bonchev–Trinajstić information content (AvgIpc) is 2.39. The fraction of sp³-hybridized carbons (Fsp3) is 0.462. The molecule has 6 heteroatoms. The second-order valence-corrected chi connectivity index (χ2v) is 7.03. The first kappa shape index (κ1) is 14.5. The van der Waals surface area contributed by atoms with E-state index in [1.807, 2.05) is 0 Å². The molecule has 0 aliphatic carbocycles. The summed E-state index contributed by atoms with van der Waals surface area (Å²) in [4.78, 5) is 11.4. The monoisotopic (exact) mass is 301 g/mol. The summed E-state index contributed by atoms with van der Waals surface area (Å²) in [6.45, 7) is 2.30. The summed E-state index contributed by atoms with van der Waals surface area (Å²) in [5.74, 6) is 0.118. The Bertz CT molecular complexity index is 577. The molecule has 1 aromatic carbocycles. The van der Waals surface area contributed by atoms with E-state index in [0.717, 1.165) is 0 Å². The number of nitrogens with zero attached hydrogens (tertiary/aromatic N) is 1. The van der Waals surface area contributed by atoms with Crippen molar-refractivity contribution in [2.24, 2.45) is 5.92 Å². The van der Waals surface area contributed by atoms with Crippen molar-refractivity contribution >= 4 is 27.4 Å². The Kier molecular flexibility index (Phi) is 4.28. The zero-order chi connectivity index (χ0) is 14.0. The molecular weight excluding hydrogens is 286 g/mol. The molecule has 2 rings (SSSR count). The molecule has 1 heterocycles. The van der Waals surface area contributed by atoms with E-state index in [1.165, 1.54) is 10.4 Å². The lowest BCUT2D eigenvalue weighted by atomic mass is 9.95. The van der Waals surface area contributed by atoms with E-state index in [2.05, 4.69) is 0 Å². The molecule has 1 aliphatic heterocycles. The highest BCUT2D eigenvalue weighted by Crippen LogP contribution is 2.28. The first-order valence-electron chi connectivity index (χ1n) is 6.18. The topological polar surface area (TPSA) is 54.5 Å². The zero-order valence-corrected chi connectivity index (χ0v) is 12.2. The quantitative estimate of drug-likeness (QED) is 0.861. The van der Waals surface area contributed by atoms with Gasteiger partial charge in [-0.3, -0.25) is 4.79 Å². The number of Topliss-reactive ketones (excluding diaryl/α,β-unsaturated/α-hetero) is 1. The number of hydrogen-bond donors (Lipinski definition) is 0. The van der Waals surface area contributed by atoms with E-state index in [-0.39, 0.29) is 21.6 Å². The molecule has 1 aliphatic rings. The molecule has 0 amide bonds. The Morgan fingerprint density at radius 3 is 2.37 bits per heavy atom. The van der Waals surface area contributed by atoms with Crippen molar-refractivity contribution in [3.05, 3.63) is 29.3 Å². The van der Waals surface area contributed by atoms with Crippen molar-refractivity contribution in [3.8, 4) is 0 Å². The SMILES string of the molecule is CC(=O)C1CCN(S(=O)(=O)c2ccccc2Cl)CC1. The maximum Gasteiger partial charge on any atom is 0.244 e. The Hall–Kier alpha value is -0.910. The molecule has 0 bridgehead atoms. The van der Waals surface area contributed by atoms with Crippen LogP contribution in [0, 0.1) is 5.92 Å². The first-order valence-corrected chi connectivity index (χ1v) is 8.00. The predicted octanol–water partition coefficient (Wildman–Crippen LogP) is 2.33. The van der Waals surface area contributed by atoms with Crippen molar-refractivity contribution in [1.82, 2.24) is 4.31 Å². The smallest absolute Gasteiger partial charge is 0.244 e. The molecule has 0 aromatic heterocycles. The summed E-state index contributed by atoms with van der Waals surface area (Å²) in [7, 11) is -3.55. The molecule has 104 valence electrons. The van der Waals surface area contributed by atoms with Crippen LogP contribution < -0.4 is 0 Å². The van der Waals surface area contributed by atoms with Gasteiger partial charge < -0.3 is 0 Å². The maximum absolute atomic E-state index is 12.4.